The molecule has 0 saturated carbocycles. The number of nitriles is 1. The van der Waals surface area contributed by atoms with Gasteiger partial charge in [0.25, 0.3) is 5.91 Å². The molecule has 5 heteroatoms. The highest BCUT2D eigenvalue weighted by Gasteiger charge is 2.33. The maximum atomic E-state index is 12.7. The minimum Gasteiger partial charge on any atom is -0.268 e. The average molecular weight is 336 g/mol. The van der Waals surface area contributed by atoms with Crippen molar-refractivity contribution in [1.82, 2.24) is 0 Å². The molecule has 1 saturated heterocycles. The van der Waals surface area contributed by atoms with Crippen LogP contribution in [-0.4, -0.2) is 10.2 Å². The zero-order chi connectivity index (χ0) is 16.4. The van der Waals surface area contributed by atoms with E-state index in [-0.39, 0.29) is 5.91 Å². The Morgan fingerprint density at radius 2 is 1.87 bits per heavy atom. The van der Waals surface area contributed by atoms with Crippen LogP contribution in [0, 0.1) is 18.3 Å². The second-order valence-corrected chi connectivity index (χ2v) is 6.71. The molecule has 112 valence electrons. The van der Waals surface area contributed by atoms with E-state index in [0.717, 1.165) is 16.8 Å². The molecule has 3 nitrogen and oxygen atoms in total. The summed E-state index contributed by atoms with van der Waals surface area (Å²) in [5.74, 6) is -0.112. The number of thioether (sulfide) groups is 1. The highest BCUT2D eigenvalue weighted by atomic mass is 32.2. The number of thiocarbonyl (C=S) groups is 1. The van der Waals surface area contributed by atoms with Gasteiger partial charge < -0.3 is 0 Å². The molecule has 3 rings (SSSR count). The van der Waals surface area contributed by atoms with Crippen LogP contribution in [0.2, 0.25) is 0 Å². The second kappa shape index (κ2) is 6.37. The lowest BCUT2D eigenvalue weighted by Crippen LogP contribution is -2.28. The number of anilines is 1. The Morgan fingerprint density at radius 3 is 2.52 bits per heavy atom. The number of para-hydroxylation sites is 1. The molecule has 0 radical (unpaired) electrons. The molecule has 1 heterocycles. The minimum absolute atomic E-state index is 0.112. The fraction of sp³-hybridized carbons (Fsp3) is 0.0556. The number of carbonyl (C=O) groups excluding carboxylic acids is 1. The first-order chi connectivity index (χ1) is 11.1. The van der Waals surface area contributed by atoms with Gasteiger partial charge >= 0.3 is 0 Å². The Kier molecular flexibility index (Phi) is 4.28. The van der Waals surface area contributed by atoms with Crippen LogP contribution < -0.4 is 4.90 Å². The number of hydrogen-bond acceptors (Lipinski definition) is 4. The topological polar surface area (TPSA) is 44.1 Å². The monoisotopic (exact) mass is 336 g/mol. The lowest BCUT2D eigenvalue weighted by molar-refractivity contribution is -0.113. The first-order valence-electron chi connectivity index (χ1n) is 6.94. The van der Waals surface area contributed by atoms with Gasteiger partial charge in [-0.05, 0) is 42.3 Å². The summed E-state index contributed by atoms with van der Waals surface area (Å²) in [6, 6.07) is 16.9. The summed E-state index contributed by atoms with van der Waals surface area (Å²) in [5.41, 5.74) is 3.28. The van der Waals surface area contributed by atoms with Crippen LogP contribution in [0.15, 0.2) is 53.4 Å². The molecule has 0 atom stereocenters. The summed E-state index contributed by atoms with van der Waals surface area (Å²) in [6.07, 6.45) is 1.80. The van der Waals surface area contributed by atoms with Crippen molar-refractivity contribution in [3.8, 4) is 6.07 Å². The molecule has 0 aliphatic carbocycles. The van der Waals surface area contributed by atoms with Crippen molar-refractivity contribution in [3.63, 3.8) is 0 Å². The van der Waals surface area contributed by atoms with Crippen LogP contribution in [0.1, 0.15) is 16.7 Å². The van der Waals surface area contributed by atoms with E-state index < -0.39 is 0 Å². The van der Waals surface area contributed by atoms with E-state index in [1.165, 1.54) is 11.8 Å². The van der Waals surface area contributed by atoms with Gasteiger partial charge in [-0.15, -0.1) is 0 Å². The lowest BCUT2D eigenvalue weighted by Gasteiger charge is -2.16. The highest BCUT2D eigenvalue weighted by molar-refractivity contribution is 8.27. The number of benzene rings is 2. The quantitative estimate of drug-likeness (QED) is 0.607. The van der Waals surface area contributed by atoms with Gasteiger partial charge in [-0.1, -0.05) is 54.3 Å². The van der Waals surface area contributed by atoms with Crippen LogP contribution in [0.5, 0.6) is 0 Å². The van der Waals surface area contributed by atoms with Crippen molar-refractivity contribution in [2.45, 2.75) is 6.92 Å². The van der Waals surface area contributed by atoms with E-state index in [0.29, 0.717) is 14.8 Å². The molecule has 0 N–H and O–H groups in total. The molecule has 0 aromatic heterocycles. The van der Waals surface area contributed by atoms with Gasteiger partial charge in [0.05, 0.1) is 22.2 Å². The fourth-order valence-electron chi connectivity index (χ4n) is 2.29. The SMILES string of the molecule is Cc1ccccc1N1C(=O)/C(=C\c2ccc(C#N)cc2)SC1=S. The van der Waals surface area contributed by atoms with Crippen LogP contribution in [-0.2, 0) is 4.79 Å². The van der Waals surface area contributed by atoms with Gasteiger partial charge in [-0.3, -0.25) is 9.69 Å². The number of nitrogens with zero attached hydrogens (tertiary/aromatic N) is 2. The Morgan fingerprint density at radius 1 is 1.17 bits per heavy atom. The summed E-state index contributed by atoms with van der Waals surface area (Å²) in [6.45, 7) is 1.96. The molecule has 2 aromatic rings. The third-order valence-electron chi connectivity index (χ3n) is 3.49. The van der Waals surface area contributed by atoms with Crippen molar-refractivity contribution < 1.29 is 4.79 Å². The zero-order valence-electron chi connectivity index (χ0n) is 12.3. The summed E-state index contributed by atoms with van der Waals surface area (Å²) >= 11 is 6.67. The van der Waals surface area contributed by atoms with E-state index in [9.17, 15) is 4.79 Å². The molecule has 1 fully saturated rings. The van der Waals surface area contributed by atoms with Gasteiger partial charge in [-0.2, -0.15) is 5.26 Å². The molecule has 1 aliphatic heterocycles. The van der Waals surface area contributed by atoms with Gasteiger partial charge in [0.1, 0.15) is 0 Å². The van der Waals surface area contributed by atoms with Crippen molar-refractivity contribution in [1.29, 1.82) is 5.26 Å². The zero-order valence-corrected chi connectivity index (χ0v) is 13.9. The first kappa shape index (κ1) is 15.5. The van der Waals surface area contributed by atoms with Crippen molar-refractivity contribution in [2.75, 3.05) is 4.90 Å². The predicted octanol–water partition coefficient (Wildman–Crippen LogP) is 4.27. The third kappa shape index (κ3) is 3.04. The highest BCUT2D eigenvalue weighted by Crippen LogP contribution is 2.37. The summed E-state index contributed by atoms with van der Waals surface area (Å²) in [5, 5.41) is 8.83. The third-order valence-corrected chi connectivity index (χ3v) is 4.79. The number of hydrogen-bond donors (Lipinski definition) is 0. The van der Waals surface area contributed by atoms with Gasteiger partial charge in [-0.25, -0.2) is 0 Å². The maximum Gasteiger partial charge on any atom is 0.270 e. The standard InChI is InChI=1S/C18H12N2OS2/c1-12-4-2-3-5-15(12)20-17(21)16(23-18(20)22)10-13-6-8-14(11-19)9-7-13/h2-10H,1H3/b16-10+. The second-order valence-electron chi connectivity index (χ2n) is 5.04. The minimum atomic E-state index is -0.112. The number of carbonyl (C=O) groups is 1. The summed E-state index contributed by atoms with van der Waals surface area (Å²) in [7, 11) is 0. The number of aryl methyl sites for hydroxylation is 1. The molecule has 1 amide bonds. The van der Waals surface area contributed by atoms with Crippen LogP contribution >= 0.6 is 24.0 Å². The van der Waals surface area contributed by atoms with Crippen molar-refractivity contribution >= 4 is 46.0 Å². The molecule has 0 unspecified atom stereocenters. The Balaban J connectivity index is 1.93. The first-order valence-corrected chi connectivity index (χ1v) is 8.16. The predicted molar refractivity (Wildman–Crippen MR) is 98.0 cm³/mol. The molecule has 0 bridgehead atoms. The van der Waals surface area contributed by atoms with E-state index >= 15 is 0 Å². The van der Waals surface area contributed by atoms with Gasteiger partial charge in [0.15, 0.2) is 4.32 Å². The van der Waals surface area contributed by atoms with Crippen molar-refractivity contribution in [3.05, 3.63) is 70.1 Å². The molecule has 1 aliphatic rings. The van der Waals surface area contributed by atoms with E-state index in [4.69, 9.17) is 17.5 Å². The Bertz CT molecular complexity index is 863. The number of rotatable bonds is 2. The van der Waals surface area contributed by atoms with Crippen LogP contribution in [0.3, 0.4) is 0 Å². The van der Waals surface area contributed by atoms with Gasteiger partial charge in [0.2, 0.25) is 0 Å². The van der Waals surface area contributed by atoms with Crippen molar-refractivity contribution in [2.24, 2.45) is 0 Å². The summed E-state index contributed by atoms with van der Waals surface area (Å²) < 4.78 is 0.532. The summed E-state index contributed by atoms with van der Waals surface area (Å²) in [4.78, 5) is 14.9. The fourth-order valence-corrected chi connectivity index (χ4v) is 3.58. The molecular weight excluding hydrogens is 324 g/mol. The van der Waals surface area contributed by atoms with E-state index in [2.05, 4.69) is 6.07 Å². The van der Waals surface area contributed by atoms with Gasteiger partial charge in [0, 0.05) is 0 Å². The average Bonchev–Trinajstić information content (AvgIpc) is 2.83. The molecule has 2 aromatic carbocycles. The normalized spacial score (nSPS) is 16.0. The smallest absolute Gasteiger partial charge is 0.268 e. The number of amides is 1. The van der Waals surface area contributed by atoms with Crippen LogP contribution in [0.25, 0.3) is 6.08 Å². The lowest BCUT2D eigenvalue weighted by atomic mass is 10.1. The largest absolute Gasteiger partial charge is 0.270 e. The Labute approximate surface area is 144 Å². The molecule has 0 spiro atoms. The molecular formula is C18H12N2OS2. The maximum absolute atomic E-state index is 12.7. The van der Waals surface area contributed by atoms with E-state index in [1.54, 1.807) is 23.1 Å². The Hall–Kier alpha value is -2.42. The molecule has 23 heavy (non-hydrogen) atoms. The van der Waals surface area contributed by atoms with E-state index in [1.807, 2.05) is 43.3 Å². The van der Waals surface area contributed by atoms with Crippen LogP contribution in [0.4, 0.5) is 5.69 Å².